The number of nitrogens with two attached hydrogens (primary N) is 1. The Kier molecular flexibility index (Phi) is 2.57. The highest BCUT2D eigenvalue weighted by Crippen LogP contribution is 2.21. The van der Waals surface area contributed by atoms with Crippen molar-refractivity contribution in [2.45, 2.75) is 6.92 Å². The van der Waals surface area contributed by atoms with Crippen LogP contribution in [0, 0.1) is 6.92 Å². The zero-order chi connectivity index (χ0) is 10.8. The van der Waals surface area contributed by atoms with Crippen molar-refractivity contribution in [1.29, 1.82) is 0 Å². The summed E-state index contributed by atoms with van der Waals surface area (Å²) in [6, 6.07) is 5.14. The standard InChI is InChI=1S/C9H9ClN4O/c1-5-2-3-6(15-5)9-12-7(10)4-8(13-9)14-11/h2-4H,11H2,1H3,(H,12,13,14). The highest BCUT2D eigenvalue weighted by molar-refractivity contribution is 6.29. The molecule has 0 aliphatic heterocycles. The number of anilines is 1. The van der Waals surface area contributed by atoms with Gasteiger partial charge in [-0.1, -0.05) is 11.6 Å². The van der Waals surface area contributed by atoms with Gasteiger partial charge >= 0.3 is 0 Å². The van der Waals surface area contributed by atoms with Crippen molar-refractivity contribution in [2.24, 2.45) is 5.84 Å². The predicted molar refractivity (Wildman–Crippen MR) is 57.3 cm³/mol. The third kappa shape index (κ3) is 2.08. The number of aromatic nitrogens is 2. The minimum Gasteiger partial charge on any atom is -0.458 e. The van der Waals surface area contributed by atoms with E-state index in [9.17, 15) is 0 Å². The number of nitrogen functional groups attached to an aromatic ring is 1. The number of halogens is 1. The van der Waals surface area contributed by atoms with E-state index >= 15 is 0 Å². The normalized spacial score (nSPS) is 10.3. The molecule has 0 fully saturated rings. The van der Waals surface area contributed by atoms with Gasteiger partial charge in [-0.3, -0.25) is 0 Å². The molecule has 0 atom stereocenters. The van der Waals surface area contributed by atoms with E-state index in [0.29, 0.717) is 22.6 Å². The van der Waals surface area contributed by atoms with Crippen LogP contribution in [0.25, 0.3) is 11.6 Å². The Balaban J connectivity index is 2.48. The molecule has 0 radical (unpaired) electrons. The number of aryl methyl sites for hydroxylation is 1. The molecule has 0 unspecified atom stereocenters. The van der Waals surface area contributed by atoms with E-state index in [2.05, 4.69) is 15.4 Å². The molecule has 5 nitrogen and oxygen atoms in total. The third-order valence-corrected chi connectivity index (χ3v) is 2.00. The van der Waals surface area contributed by atoms with Crippen LogP contribution in [0.1, 0.15) is 5.76 Å². The van der Waals surface area contributed by atoms with Crippen LogP contribution in [-0.2, 0) is 0 Å². The van der Waals surface area contributed by atoms with Gasteiger partial charge in [0.15, 0.2) is 11.6 Å². The van der Waals surface area contributed by atoms with Gasteiger partial charge in [0.1, 0.15) is 16.7 Å². The number of hydrazine groups is 1. The van der Waals surface area contributed by atoms with E-state index in [4.69, 9.17) is 21.9 Å². The van der Waals surface area contributed by atoms with Gasteiger partial charge in [0, 0.05) is 6.07 Å². The Morgan fingerprint density at radius 2 is 2.20 bits per heavy atom. The smallest absolute Gasteiger partial charge is 0.199 e. The zero-order valence-electron chi connectivity index (χ0n) is 7.99. The van der Waals surface area contributed by atoms with E-state index in [-0.39, 0.29) is 0 Å². The first-order valence-corrected chi connectivity index (χ1v) is 4.65. The highest BCUT2D eigenvalue weighted by atomic mass is 35.5. The summed E-state index contributed by atoms with van der Waals surface area (Å²) < 4.78 is 5.37. The number of hydrogen-bond acceptors (Lipinski definition) is 5. The summed E-state index contributed by atoms with van der Waals surface area (Å²) in [5, 5.41) is 0.307. The van der Waals surface area contributed by atoms with Crippen molar-refractivity contribution >= 4 is 17.4 Å². The minimum absolute atomic E-state index is 0.307. The van der Waals surface area contributed by atoms with Crippen molar-refractivity contribution in [3.63, 3.8) is 0 Å². The lowest BCUT2D eigenvalue weighted by Crippen LogP contribution is -2.09. The maximum absolute atomic E-state index is 5.80. The van der Waals surface area contributed by atoms with Crippen molar-refractivity contribution in [3.8, 4) is 11.6 Å². The Hall–Kier alpha value is -1.59. The van der Waals surface area contributed by atoms with E-state index in [0.717, 1.165) is 5.76 Å². The average molecular weight is 225 g/mol. The van der Waals surface area contributed by atoms with Gasteiger partial charge in [-0.25, -0.2) is 15.8 Å². The number of hydrogen-bond donors (Lipinski definition) is 2. The first-order chi connectivity index (χ1) is 7.19. The molecule has 2 heterocycles. The molecule has 0 bridgehead atoms. The predicted octanol–water partition coefficient (Wildman–Crippen LogP) is 1.98. The molecule has 0 saturated carbocycles. The fraction of sp³-hybridized carbons (Fsp3) is 0.111. The summed E-state index contributed by atoms with van der Waals surface area (Å²) >= 11 is 5.80. The van der Waals surface area contributed by atoms with Crippen LogP contribution in [0.15, 0.2) is 22.6 Å². The number of furan rings is 1. The topological polar surface area (TPSA) is 77.0 Å². The summed E-state index contributed by atoms with van der Waals surface area (Å²) in [5.41, 5.74) is 2.41. The van der Waals surface area contributed by atoms with Gasteiger partial charge < -0.3 is 9.84 Å². The quantitative estimate of drug-likeness (QED) is 0.463. The lowest BCUT2D eigenvalue weighted by molar-refractivity contribution is 0.544. The summed E-state index contributed by atoms with van der Waals surface area (Å²) in [6.07, 6.45) is 0. The minimum atomic E-state index is 0.307. The van der Waals surface area contributed by atoms with Crippen molar-refractivity contribution in [1.82, 2.24) is 9.97 Å². The highest BCUT2D eigenvalue weighted by Gasteiger charge is 2.08. The second-order valence-electron chi connectivity index (χ2n) is 2.95. The molecule has 2 aromatic heterocycles. The Bertz CT molecular complexity index is 483. The Morgan fingerprint density at radius 1 is 1.40 bits per heavy atom. The van der Waals surface area contributed by atoms with E-state index in [1.807, 2.05) is 13.0 Å². The van der Waals surface area contributed by atoms with Crippen LogP contribution in [0.4, 0.5) is 5.82 Å². The first kappa shape index (κ1) is 9.95. The Labute approximate surface area is 91.3 Å². The second kappa shape index (κ2) is 3.88. The van der Waals surface area contributed by atoms with E-state index in [1.54, 1.807) is 6.07 Å². The second-order valence-corrected chi connectivity index (χ2v) is 3.34. The summed E-state index contributed by atoms with van der Waals surface area (Å²) in [5.74, 6) is 7.44. The molecule has 0 aliphatic carbocycles. The maximum Gasteiger partial charge on any atom is 0.199 e. The van der Waals surface area contributed by atoms with E-state index in [1.165, 1.54) is 6.07 Å². The number of nitrogens with one attached hydrogen (secondary N) is 1. The molecule has 0 aliphatic rings. The monoisotopic (exact) mass is 224 g/mol. The molecular weight excluding hydrogens is 216 g/mol. The van der Waals surface area contributed by atoms with Gasteiger partial charge in [-0.2, -0.15) is 0 Å². The van der Waals surface area contributed by atoms with Crippen LogP contribution >= 0.6 is 11.6 Å². The SMILES string of the molecule is Cc1ccc(-c2nc(Cl)cc(NN)n2)o1. The fourth-order valence-corrected chi connectivity index (χ4v) is 1.34. The van der Waals surface area contributed by atoms with Crippen molar-refractivity contribution in [3.05, 3.63) is 29.1 Å². The van der Waals surface area contributed by atoms with E-state index < -0.39 is 0 Å². The lowest BCUT2D eigenvalue weighted by atomic mass is 10.4. The molecule has 0 saturated heterocycles. The third-order valence-electron chi connectivity index (χ3n) is 1.80. The molecule has 0 aromatic carbocycles. The van der Waals surface area contributed by atoms with Gasteiger partial charge in [0.05, 0.1) is 0 Å². The molecular formula is C9H9ClN4O. The van der Waals surface area contributed by atoms with Crippen LogP contribution in [0.3, 0.4) is 0 Å². The van der Waals surface area contributed by atoms with Crippen LogP contribution in [-0.4, -0.2) is 9.97 Å². The molecule has 78 valence electrons. The average Bonchev–Trinajstić information content (AvgIpc) is 2.64. The summed E-state index contributed by atoms with van der Waals surface area (Å²) in [6.45, 7) is 1.84. The largest absolute Gasteiger partial charge is 0.458 e. The summed E-state index contributed by atoms with van der Waals surface area (Å²) in [7, 11) is 0. The zero-order valence-corrected chi connectivity index (χ0v) is 8.75. The van der Waals surface area contributed by atoms with Crippen LogP contribution in [0.5, 0.6) is 0 Å². The maximum atomic E-state index is 5.80. The molecule has 2 aromatic rings. The molecule has 2 rings (SSSR count). The molecule has 0 amide bonds. The Morgan fingerprint density at radius 3 is 2.80 bits per heavy atom. The number of nitrogens with zero attached hydrogens (tertiary/aromatic N) is 2. The molecule has 3 N–H and O–H groups in total. The van der Waals surface area contributed by atoms with Gasteiger partial charge in [-0.05, 0) is 19.1 Å². The first-order valence-electron chi connectivity index (χ1n) is 4.27. The number of rotatable bonds is 2. The molecule has 15 heavy (non-hydrogen) atoms. The van der Waals surface area contributed by atoms with Gasteiger partial charge in [0.2, 0.25) is 0 Å². The van der Waals surface area contributed by atoms with Crippen molar-refractivity contribution < 1.29 is 4.42 Å². The van der Waals surface area contributed by atoms with Crippen molar-refractivity contribution in [2.75, 3.05) is 5.43 Å². The van der Waals surface area contributed by atoms with Crippen LogP contribution < -0.4 is 11.3 Å². The molecule has 6 heteroatoms. The lowest BCUT2D eigenvalue weighted by Gasteiger charge is -2.01. The van der Waals surface area contributed by atoms with Gasteiger partial charge in [0.25, 0.3) is 0 Å². The molecule has 0 spiro atoms. The fourth-order valence-electron chi connectivity index (χ4n) is 1.16. The van der Waals surface area contributed by atoms with Crippen LogP contribution in [0.2, 0.25) is 5.15 Å². The van der Waals surface area contributed by atoms with Gasteiger partial charge in [-0.15, -0.1) is 0 Å². The summed E-state index contributed by atoms with van der Waals surface area (Å²) in [4.78, 5) is 8.14.